The third-order valence-corrected chi connectivity index (χ3v) is 3.02. The molecular weight excluding hydrogens is 238 g/mol. The molecule has 0 spiro atoms. The number of nitrogen functional groups attached to an aromatic ring is 1. The molecule has 0 aromatic heterocycles. The van der Waals surface area contributed by atoms with Crippen LogP contribution < -0.4 is 15.2 Å². The number of anilines is 1. The predicted octanol–water partition coefficient (Wildman–Crippen LogP) is 4.41. The van der Waals surface area contributed by atoms with Gasteiger partial charge in [0.1, 0.15) is 0 Å². The molecule has 0 radical (unpaired) electrons. The van der Waals surface area contributed by atoms with E-state index >= 15 is 0 Å². The van der Waals surface area contributed by atoms with Crippen molar-refractivity contribution in [2.24, 2.45) is 0 Å². The maximum atomic E-state index is 5.77. The van der Waals surface area contributed by atoms with Gasteiger partial charge >= 0.3 is 0 Å². The average molecular weight is 265 g/mol. The monoisotopic (exact) mass is 265 g/mol. The van der Waals surface area contributed by atoms with Gasteiger partial charge in [-0.15, -0.1) is 0 Å². The average Bonchev–Trinajstić information content (AvgIpc) is 2.40. The van der Waals surface area contributed by atoms with Crippen molar-refractivity contribution in [3.8, 4) is 11.5 Å². The summed E-state index contributed by atoms with van der Waals surface area (Å²) in [6.45, 7) is 5.56. The minimum Gasteiger partial charge on any atom is -0.490 e. The summed E-state index contributed by atoms with van der Waals surface area (Å²) in [4.78, 5) is 0. The highest BCUT2D eigenvalue weighted by Gasteiger charge is 2.05. The van der Waals surface area contributed by atoms with Crippen LogP contribution >= 0.6 is 0 Å². The molecule has 0 bridgehead atoms. The van der Waals surface area contributed by atoms with Gasteiger partial charge in [-0.05, 0) is 25.5 Å². The topological polar surface area (TPSA) is 44.5 Å². The van der Waals surface area contributed by atoms with Gasteiger partial charge in [-0.3, -0.25) is 0 Å². The van der Waals surface area contributed by atoms with Crippen LogP contribution in [-0.2, 0) is 0 Å². The summed E-state index contributed by atoms with van der Waals surface area (Å²) in [5.74, 6) is 1.54. The summed E-state index contributed by atoms with van der Waals surface area (Å²) in [5.41, 5.74) is 6.45. The fourth-order valence-electron chi connectivity index (χ4n) is 1.98. The third-order valence-electron chi connectivity index (χ3n) is 3.02. The zero-order valence-corrected chi connectivity index (χ0v) is 12.3. The van der Waals surface area contributed by atoms with Crippen molar-refractivity contribution in [3.05, 3.63) is 18.2 Å². The van der Waals surface area contributed by atoms with Gasteiger partial charge in [0.25, 0.3) is 0 Å². The minimum absolute atomic E-state index is 0.622. The summed E-state index contributed by atoms with van der Waals surface area (Å²) in [7, 11) is 0. The maximum absolute atomic E-state index is 5.77. The Morgan fingerprint density at radius 2 is 1.63 bits per heavy atom. The lowest BCUT2D eigenvalue weighted by Crippen LogP contribution is -2.01. The first-order chi connectivity index (χ1) is 9.27. The number of hydrogen-bond acceptors (Lipinski definition) is 3. The number of benzene rings is 1. The fraction of sp³-hybridized carbons (Fsp3) is 0.625. The van der Waals surface area contributed by atoms with Crippen LogP contribution in [0.3, 0.4) is 0 Å². The molecule has 0 unspecified atom stereocenters. The first-order valence-electron chi connectivity index (χ1n) is 7.43. The van der Waals surface area contributed by atoms with Gasteiger partial charge in [-0.25, -0.2) is 0 Å². The lowest BCUT2D eigenvalue weighted by molar-refractivity contribution is 0.270. The van der Waals surface area contributed by atoms with Gasteiger partial charge in [0.15, 0.2) is 11.5 Å². The summed E-state index contributed by atoms with van der Waals surface area (Å²) >= 11 is 0. The van der Waals surface area contributed by atoms with Gasteiger partial charge in [0.2, 0.25) is 0 Å². The number of ether oxygens (including phenoxy) is 2. The highest BCUT2D eigenvalue weighted by Crippen LogP contribution is 2.29. The number of rotatable bonds is 10. The minimum atomic E-state index is 0.622. The van der Waals surface area contributed by atoms with E-state index < -0.39 is 0 Å². The molecule has 0 saturated carbocycles. The van der Waals surface area contributed by atoms with Crippen LogP contribution in [0.4, 0.5) is 5.69 Å². The Morgan fingerprint density at radius 1 is 0.895 bits per heavy atom. The first kappa shape index (κ1) is 15.7. The third kappa shape index (κ3) is 6.37. The molecule has 0 amide bonds. The summed E-state index contributed by atoms with van der Waals surface area (Å²) in [6.07, 6.45) is 7.60. The number of unbranched alkanes of at least 4 members (excludes halogenated alkanes) is 5. The van der Waals surface area contributed by atoms with Crippen molar-refractivity contribution in [1.82, 2.24) is 0 Å². The zero-order chi connectivity index (χ0) is 13.9. The van der Waals surface area contributed by atoms with Crippen molar-refractivity contribution < 1.29 is 9.47 Å². The molecule has 1 aromatic carbocycles. The second-order valence-corrected chi connectivity index (χ2v) is 4.76. The van der Waals surface area contributed by atoms with Crippen LogP contribution in [0, 0.1) is 0 Å². The molecule has 0 aliphatic heterocycles. The Labute approximate surface area is 117 Å². The maximum Gasteiger partial charge on any atom is 0.163 e. The SMILES string of the molecule is CCCCCCCCOc1ccc(N)cc1OCC. The van der Waals surface area contributed by atoms with Crippen LogP contribution in [0.25, 0.3) is 0 Å². The van der Waals surface area contributed by atoms with E-state index in [1.807, 2.05) is 25.1 Å². The molecule has 19 heavy (non-hydrogen) atoms. The normalized spacial score (nSPS) is 10.4. The second kappa shape index (κ2) is 9.54. The lowest BCUT2D eigenvalue weighted by Gasteiger charge is -2.12. The molecule has 0 aliphatic rings. The Bertz CT molecular complexity index is 353. The smallest absolute Gasteiger partial charge is 0.163 e. The van der Waals surface area contributed by atoms with E-state index in [0.717, 1.165) is 24.5 Å². The highest BCUT2D eigenvalue weighted by atomic mass is 16.5. The van der Waals surface area contributed by atoms with E-state index in [2.05, 4.69) is 6.92 Å². The highest BCUT2D eigenvalue weighted by molar-refractivity contribution is 5.51. The summed E-state index contributed by atoms with van der Waals surface area (Å²) in [6, 6.07) is 5.55. The molecule has 1 aromatic rings. The van der Waals surface area contributed by atoms with Crippen LogP contribution in [0.15, 0.2) is 18.2 Å². The molecular formula is C16H27NO2. The van der Waals surface area contributed by atoms with E-state index in [1.54, 1.807) is 0 Å². The Morgan fingerprint density at radius 3 is 2.37 bits per heavy atom. The molecule has 0 aliphatic carbocycles. The van der Waals surface area contributed by atoms with Crippen LogP contribution in [0.1, 0.15) is 52.4 Å². The summed E-state index contributed by atoms with van der Waals surface area (Å²) in [5, 5.41) is 0. The number of hydrogen-bond donors (Lipinski definition) is 1. The largest absolute Gasteiger partial charge is 0.490 e. The molecule has 1 rings (SSSR count). The van der Waals surface area contributed by atoms with Gasteiger partial charge in [-0.1, -0.05) is 39.0 Å². The van der Waals surface area contributed by atoms with E-state index in [-0.39, 0.29) is 0 Å². The van der Waals surface area contributed by atoms with E-state index in [1.165, 1.54) is 32.1 Å². The molecule has 2 N–H and O–H groups in total. The van der Waals surface area contributed by atoms with Gasteiger partial charge in [-0.2, -0.15) is 0 Å². The van der Waals surface area contributed by atoms with Gasteiger partial charge in [0, 0.05) is 11.8 Å². The van der Waals surface area contributed by atoms with E-state index in [9.17, 15) is 0 Å². The van der Waals surface area contributed by atoms with Crippen molar-refractivity contribution in [3.63, 3.8) is 0 Å². The first-order valence-corrected chi connectivity index (χ1v) is 7.43. The standard InChI is InChI=1S/C16H27NO2/c1-3-5-6-7-8-9-12-19-15-11-10-14(17)13-16(15)18-4-2/h10-11,13H,3-9,12,17H2,1-2H3. The van der Waals surface area contributed by atoms with Crippen LogP contribution in [0.5, 0.6) is 11.5 Å². The van der Waals surface area contributed by atoms with E-state index in [4.69, 9.17) is 15.2 Å². The van der Waals surface area contributed by atoms with Crippen molar-refractivity contribution in [2.45, 2.75) is 52.4 Å². The van der Waals surface area contributed by atoms with Gasteiger partial charge in [0.05, 0.1) is 13.2 Å². The van der Waals surface area contributed by atoms with Crippen molar-refractivity contribution >= 4 is 5.69 Å². The predicted molar refractivity (Wildman–Crippen MR) is 80.9 cm³/mol. The van der Waals surface area contributed by atoms with Crippen molar-refractivity contribution in [2.75, 3.05) is 18.9 Å². The van der Waals surface area contributed by atoms with Crippen LogP contribution in [0.2, 0.25) is 0 Å². The lowest BCUT2D eigenvalue weighted by atomic mass is 10.1. The zero-order valence-electron chi connectivity index (χ0n) is 12.3. The molecule has 0 heterocycles. The quantitative estimate of drug-likeness (QED) is 0.503. The van der Waals surface area contributed by atoms with Crippen LogP contribution in [-0.4, -0.2) is 13.2 Å². The van der Waals surface area contributed by atoms with Gasteiger partial charge < -0.3 is 15.2 Å². The second-order valence-electron chi connectivity index (χ2n) is 4.76. The molecule has 0 atom stereocenters. The fourth-order valence-corrected chi connectivity index (χ4v) is 1.98. The molecule has 3 heteroatoms. The molecule has 3 nitrogen and oxygen atoms in total. The molecule has 0 saturated heterocycles. The molecule has 0 fully saturated rings. The number of nitrogens with two attached hydrogens (primary N) is 1. The Kier molecular flexibility index (Phi) is 7.87. The molecule has 108 valence electrons. The Balaban J connectivity index is 2.28. The Hall–Kier alpha value is -1.38. The summed E-state index contributed by atoms with van der Waals surface area (Å²) < 4.78 is 11.3. The van der Waals surface area contributed by atoms with E-state index in [0.29, 0.717) is 12.3 Å². The van der Waals surface area contributed by atoms with Crippen molar-refractivity contribution in [1.29, 1.82) is 0 Å².